The monoisotopic (exact) mass is 496 g/mol. The van der Waals surface area contributed by atoms with E-state index in [0.717, 1.165) is 36.0 Å². The third-order valence-corrected chi connectivity index (χ3v) is 8.30. The number of hydrogen-bond donors (Lipinski definition) is 0. The topological polar surface area (TPSA) is 83.5 Å². The van der Waals surface area contributed by atoms with Crippen LogP contribution in [0.5, 0.6) is 0 Å². The number of rotatable bonds is 4. The quantitative estimate of drug-likeness (QED) is 0.542. The standard InChI is InChI=1S/C26H29FN4O3S/c1-17-22-10-9-21(35(2,33)34)16-23(22)29-26(28-17)30-14-11-19(12-15-30)25(32)31-13-3-4-24(31)18-5-7-20(27)8-6-18/h5-10,16,19,24H,3-4,11-15H2,1-2H3/t24-/m0/s1. The average Bonchev–Trinajstić information content (AvgIpc) is 3.33. The molecule has 0 spiro atoms. The Kier molecular flexibility index (Phi) is 6.21. The van der Waals surface area contributed by atoms with Crippen molar-refractivity contribution in [1.82, 2.24) is 14.9 Å². The van der Waals surface area contributed by atoms with Gasteiger partial charge in [-0.15, -0.1) is 0 Å². The maximum absolute atomic E-state index is 13.4. The van der Waals surface area contributed by atoms with Crippen LogP contribution < -0.4 is 4.90 Å². The third kappa shape index (κ3) is 4.74. The van der Waals surface area contributed by atoms with Gasteiger partial charge in [0.05, 0.1) is 22.1 Å². The van der Waals surface area contributed by atoms with Crippen molar-refractivity contribution in [2.75, 3.05) is 30.8 Å². The second kappa shape index (κ2) is 9.18. The molecular formula is C26H29FN4O3S. The Balaban J connectivity index is 1.30. The van der Waals surface area contributed by atoms with E-state index in [1.54, 1.807) is 30.3 Å². The molecule has 2 aliphatic rings. The van der Waals surface area contributed by atoms with Crippen LogP contribution in [0.15, 0.2) is 47.4 Å². The second-order valence-corrected chi connectivity index (χ2v) is 11.6. The van der Waals surface area contributed by atoms with Crippen LogP contribution in [-0.2, 0) is 14.6 Å². The number of likely N-dealkylation sites (tertiary alicyclic amines) is 1. The number of anilines is 1. The first kappa shape index (κ1) is 23.7. The van der Waals surface area contributed by atoms with E-state index >= 15 is 0 Å². The minimum Gasteiger partial charge on any atom is -0.341 e. The summed E-state index contributed by atoms with van der Waals surface area (Å²) in [7, 11) is -3.33. The minimum atomic E-state index is -3.33. The highest BCUT2D eigenvalue weighted by molar-refractivity contribution is 7.90. The van der Waals surface area contributed by atoms with Gasteiger partial charge in [-0.05, 0) is 68.5 Å². The van der Waals surface area contributed by atoms with E-state index in [-0.39, 0.29) is 28.6 Å². The molecule has 0 aliphatic carbocycles. The third-order valence-electron chi connectivity index (χ3n) is 7.19. The van der Waals surface area contributed by atoms with Gasteiger partial charge in [0.25, 0.3) is 0 Å². The number of fused-ring (bicyclic) bond motifs is 1. The number of carbonyl (C=O) groups excluding carboxylic acids is 1. The number of benzene rings is 2. The predicted molar refractivity (Wildman–Crippen MR) is 132 cm³/mol. The number of aromatic nitrogens is 2. The number of amides is 1. The van der Waals surface area contributed by atoms with Crippen molar-refractivity contribution in [1.29, 1.82) is 0 Å². The highest BCUT2D eigenvalue weighted by Crippen LogP contribution is 2.35. The summed E-state index contributed by atoms with van der Waals surface area (Å²) >= 11 is 0. The lowest BCUT2D eigenvalue weighted by Gasteiger charge is -2.35. The summed E-state index contributed by atoms with van der Waals surface area (Å²) in [5.41, 5.74) is 2.39. The molecule has 1 amide bonds. The van der Waals surface area contributed by atoms with Crippen LogP contribution in [0.1, 0.15) is 43.0 Å². The van der Waals surface area contributed by atoms with E-state index < -0.39 is 9.84 Å². The van der Waals surface area contributed by atoms with E-state index in [1.807, 2.05) is 11.8 Å². The first-order valence-electron chi connectivity index (χ1n) is 12.0. The molecular weight excluding hydrogens is 467 g/mol. The second-order valence-electron chi connectivity index (χ2n) is 9.56. The lowest BCUT2D eigenvalue weighted by Crippen LogP contribution is -2.43. The molecule has 1 aromatic heterocycles. The fraction of sp³-hybridized carbons (Fsp3) is 0.423. The number of carbonyl (C=O) groups is 1. The molecule has 9 heteroatoms. The molecule has 2 aliphatic heterocycles. The molecule has 3 heterocycles. The number of nitrogens with zero attached hydrogens (tertiary/aromatic N) is 4. The van der Waals surface area contributed by atoms with Gasteiger partial charge in [0.2, 0.25) is 11.9 Å². The molecule has 0 saturated carbocycles. The molecule has 7 nitrogen and oxygen atoms in total. The number of sulfone groups is 1. The summed E-state index contributed by atoms with van der Waals surface area (Å²) in [5.74, 6) is 0.406. The Bertz CT molecular complexity index is 1370. The van der Waals surface area contributed by atoms with Crippen molar-refractivity contribution >= 4 is 32.6 Å². The van der Waals surface area contributed by atoms with Crippen molar-refractivity contribution in [3.05, 3.63) is 59.5 Å². The zero-order valence-corrected chi connectivity index (χ0v) is 20.8. The smallest absolute Gasteiger partial charge is 0.226 e. The zero-order valence-electron chi connectivity index (χ0n) is 19.9. The van der Waals surface area contributed by atoms with Crippen molar-refractivity contribution in [2.45, 2.75) is 43.5 Å². The summed E-state index contributed by atoms with van der Waals surface area (Å²) in [6.45, 7) is 3.94. The Morgan fingerprint density at radius 3 is 2.40 bits per heavy atom. The molecule has 184 valence electrons. The SMILES string of the molecule is Cc1nc(N2CCC(C(=O)N3CCC[C@H]3c3ccc(F)cc3)CC2)nc2cc(S(C)(=O)=O)ccc12. The lowest BCUT2D eigenvalue weighted by atomic mass is 9.94. The summed E-state index contributed by atoms with van der Waals surface area (Å²) in [4.78, 5) is 27.0. The minimum absolute atomic E-state index is 0.0108. The molecule has 0 radical (unpaired) electrons. The summed E-state index contributed by atoms with van der Waals surface area (Å²) in [6.07, 6.45) is 4.44. The molecule has 2 aromatic carbocycles. The van der Waals surface area contributed by atoms with Crippen LogP contribution in [0.3, 0.4) is 0 Å². The van der Waals surface area contributed by atoms with Gasteiger partial charge in [0.1, 0.15) is 5.82 Å². The normalized spacial score (nSPS) is 19.5. The Labute approximate surface area is 204 Å². The number of piperidine rings is 1. The molecule has 3 aromatic rings. The van der Waals surface area contributed by atoms with Crippen LogP contribution in [-0.4, -0.2) is 55.1 Å². The first-order valence-corrected chi connectivity index (χ1v) is 13.9. The summed E-state index contributed by atoms with van der Waals surface area (Å²) < 4.78 is 37.3. The number of hydrogen-bond acceptors (Lipinski definition) is 6. The first-order chi connectivity index (χ1) is 16.7. The van der Waals surface area contributed by atoms with Gasteiger partial charge in [-0.2, -0.15) is 0 Å². The van der Waals surface area contributed by atoms with E-state index in [0.29, 0.717) is 37.4 Å². The van der Waals surface area contributed by atoms with Crippen LogP contribution >= 0.6 is 0 Å². The van der Waals surface area contributed by atoms with Gasteiger partial charge in [0, 0.05) is 37.2 Å². The number of aryl methyl sites for hydroxylation is 1. The molecule has 0 N–H and O–H groups in total. The van der Waals surface area contributed by atoms with E-state index in [4.69, 9.17) is 0 Å². The Morgan fingerprint density at radius 1 is 1.00 bits per heavy atom. The van der Waals surface area contributed by atoms with Crippen molar-refractivity contribution < 1.29 is 17.6 Å². The molecule has 0 unspecified atom stereocenters. The average molecular weight is 497 g/mol. The van der Waals surface area contributed by atoms with Crippen molar-refractivity contribution in [3.63, 3.8) is 0 Å². The summed E-state index contributed by atoms with van der Waals surface area (Å²) in [6, 6.07) is 11.4. The molecule has 0 bridgehead atoms. The summed E-state index contributed by atoms with van der Waals surface area (Å²) in [5, 5.41) is 0.826. The fourth-order valence-electron chi connectivity index (χ4n) is 5.25. The lowest BCUT2D eigenvalue weighted by molar-refractivity contribution is -0.137. The molecule has 1 atom stereocenters. The maximum Gasteiger partial charge on any atom is 0.226 e. The van der Waals surface area contributed by atoms with Gasteiger partial charge in [-0.3, -0.25) is 4.79 Å². The van der Waals surface area contributed by atoms with E-state index in [2.05, 4.69) is 14.9 Å². The number of halogens is 1. The van der Waals surface area contributed by atoms with Crippen LogP contribution in [0.2, 0.25) is 0 Å². The van der Waals surface area contributed by atoms with E-state index in [9.17, 15) is 17.6 Å². The van der Waals surface area contributed by atoms with Gasteiger partial charge >= 0.3 is 0 Å². The zero-order chi connectivity index (χ0) is 24.7. The highest BCUT2D eigenvalue weighted by atomic mass is 32.2. The van der Waals surface area contributed by atoms with Gasteiger partial charge in [-0.25, -0.2) is 22.8 Å². The predicted octanol–water partition coefficient (Wildman–Crippen LogP) is 4.06. The maximum atomic E-state index is 13.4. The van der Waals surface area contributed by atoms with Crippen molar-refractivity contribution in [2.24, 2.45) is 5.92 Å². The molecule has 5 rings (SSSR count). The van der Waals surface area contributed by atoms with Gasteiger partial charge in [0.15, 0.2) is 9.84 Å². The Morgan fingerprint density at radius 2 is 1.71 bits per heavy atom. The largest absolute Gasteiger partial charge is 0.341 e. The van der Waals surface area contributed by atoms with Gasteiger partial charge in [-0.1, -0.05) is 12.1 Å². The van der Waals surface area contributed by atoms with Gasteiger partial charge < -0.3 is 9.80 Å². The van der Waals surface area contributed by atoms with E-state index in [1.165, 1.54) is 18.4 Å². The van der Waals surface area contributed by atoms with Crippen LogP contribution in [0, 0.1) is 18.7 Å². The van der Waals surface area contributed by atoms with Crippen molar-refractivity contribution in [3.8, 4) is 0 Å². The molecule has 2 saturated heterocycles. The van der Waals surface area contributed by atoms with Crippen LogP contribution in [0.4, 0.5) is 10.3 Å². The van der Waals surface area contributed by atoms with Crippen LogP contribution in [0.25, 0.3) is 10.9 Å². The fourth-order valence-corrected chi connectivity index (χ4v) is 5.89. The Hall–Kier alpha value is -3.07. The molecule has 2 fully saturated rings. The molecule has 35 heavy (non-hydrogen) atoms. The highest BCUT2D eigenvalue weighted by Gasteiger charge is 2.35.